The molecule has 5 rings (SSSR count). The number of fused-ring (bicyclic) bond motifs is 1. The van der Waals surface area contributed by atoms with E-state index in [9.17, 15) is 13.2 Å². The second kappa shape index (κ2) is 9.02. The molecule has 1 amide bonds. The molecule has 2 fully saturated rings. The van der Waals surface area contributed by atoms with Crippen molar-refractivity contribution in [1.82, 2.24) is 24.0 Å². The minimum atomic E-state index is -3.60. The molecule has 2 aliphatic rings. The molecule has 8 nitrogen and oxygen atoms in total. The second-order valence-corrected chi connectivity index (χ2v) is 12.1. The van der Waals surface area contributed by atoms with E-state index in [0.717, 1.165) is 35.1 Å². The highest BCUT2D eigenvalue weighted by Crippen LogP contribution is 2.40. The van der Waals surface area contributed by atoms with Crippen LogP contribution in [-0.4, -0.2) is 64.5 Å². The van der Waals surface area contributed by atoms with E-state index in [-0.39, 0.29) is 25.0 Å². The van der Waals surface area contributed by atoms with Gasteiger partial charge in [0.25, 0.3) is 5.91 Å². The molecule has 1 saturated carbocycles. The molecular weight excluding hydrogens is 462 g/mol. The number of amides is 1. The molecule has 1 saturated heterocycles. The minimum Gasteiger partial charge on any atom is -0.336 e. The third-order valence-corrected chi connectivity index (χ3v) is 8.92. The summed E-state index contributed by atoms with van der Waals surface area (Å²) in [4.78, 5) is 20.5. The smallest absolute Gasteiger partial charge is 0.254 e. The highest BCUT2D eigenvalue weighted by molar-refractivity contribution is 7.89. The van der Waals surface area contributed by atoms with Gasteiger partial charge in [-0.1, -0.05) is 26.0 Å². The fourth-order valence-electron chi connectivity index (χ4n) is 4.66. The molecule has 0 radical (unpaired) electrons. The molecule has 0 unspecified atom stereocenters. The van der Waals surface area contributed by atoms with Crippen LogP contribution in [0.1, 0.15) is 80.0 Å². The van der Waals surface area contributed by atoms with E-state index >= 15 is 0 Å². The maximum atomic E-state index is 13.6. The van der Waals surface area contributed by atoms with Crippen LogP contribution in [0, 0.1) is 0 Å². The van der Waals surface area contributed by atoms with E-state index in [1.165, 1.54) is 4.31 Å². The minimum absolute atomic E-state index is 0.0825. The van der Waals surface area contributed by atoms with Crippen molar-refractivity contribution in [2.45, 2.75) is 63.3 Å². The van der Waals surface area contributed by atoms with E-state index < -0.39 is 10.0 Å². The lowest BCUT2D eigenvalue weighted by atomic mass is 10.0. The average molecular weight is 496 g/mol. The summed E-state index contributed by atoms with van der Waals surface area (Å²) < 4.78 is 29.7. The predicted molar refractivity (Wildman–Crippen MR) is 135 cm³/mol. The van der Waals surface area contributed by atoms with Gasteiger partial charge in [-0.3, -0.25) is 4.79 Å². The van der Waals surface area contributed by atoms with Crippen LogP contribution in [-0.2, 0) is 10.0 Å². The van der Waals surface area contributed by atoms with Gasteiger partial charge in [-0.2, -0.15) is 9.40 Å². The summed E-state index contributed by atoms with van der Waals surface area (Å²) in [6, 6.07) is 9.18. The van der Waals surface area contributed by atoms with Gasteiger partial charge in [-0.25, -0.2) is 18.1 Å². The van der Waals surface area contributed by atoms with Crippen molar-refractivity contribution >= 4 is 27.0 Å². The molecule has 0 bridgehead atoms. The van der Waals surface area contributed by atoms with Gasteiger partial charge in [0.1, 0.15) is 0 Å². The van der Waals surface area contributed by atoms with E-state index in [1.807, 2.05) is 22.9 Å². The Morgan fingerprint density at radius 2 is 1.66 bits per heavy atom. The Bertz CT molecular complexity index is 1350. The van der Waals surface area contributed by atoms with Crippen molar-refractivity contribution in [3.8, 4) is 0 Å². The van der Waals surface area contributed by atoms with Gasteiger partial charge in [-0.05, 0) is 56.4 Å². The van der Waals surface area contributed by atoms with Crippen molar-refractivity contribution in [2.24, 2.45) is 0 Å². The Labute approximate surface area is 207 Å². The molecule has 1 aromatic carbocycles. The van der Waals surface area contributed by atoms with Crippen LogP contribution in [0.5, 0.6) is 0 Å². The molecule has 0 atom stereocenters. The summed E-state index contributed by atoms with van der Waals surface area (Å²) in [5.41, 5.74) is 3.42. The number of benzene rings is 1. The third-order valence-electron chi connectivity index (χ3n) is 7.01. The van der Waals surface area contributed by atoms with Gasteiger partial charge in [0.2, 0.25) is 10.0 Å². The molecule has 1 aliphatic heterocycles. The zero-order chi connectivity index (χ0) is 24.9. The quantitative estimate of drug-likeness (QED) is 0.512. The third kappa shape index (κ3) is 4.47. The monoisotopic (exact) mass is 495 g/mol. The lowest BCUT2D eigenvalue weighted by Gasteiger charge is -2.34. The van der Waals surface area contributed by atoms with Crippen LogP contribution >= 0.6 is 0 Å². The first-order chi connectivity index (χ1) is 16.7. The molecule has 9 heteroatoms. The van der Waals surface area contributed by atoms with Crippen molar-refractivity contribution in [3.63, 3.8) is 0 Å². The van der Waals surface area contributed by atoms with Crippen LogP contribution < -0.4 is 0 Å². The normalized spacial score (nSPS) is 17.6. The Morgan fingerprint density at radius 1 is 1.00 bits per heavy atom. The Morgan fingerprint density at radius 3 is 2.23 bits per heavy atom. The molecular formula is C26H33N5O3S. The molecule has 35 heavy (non-hydrogen) atoms. The van der Waals surface area contributed by atoms with Crippen molar-refractivity contribution in [1.29, 1.82) is 0 Å². The zero-order valence-electron chi connectivity index (χ0n) is 20.8. The van der Waals surface area contributed by atoms with E-state index in [4.69, 9.17) is 4.98 Å². The number of rotatable bonds is 6. The molecule has 3 aromatic rings. The molecule has 2 aromatic heterocycles. The Balaban J connectivity index is 1.36. The number of piperazine rings is 1. The van der Waals surface area contributed by atoms with Crippen LogP contribution in [0.15, 0.2) is 41.4 Å². The topological polar surface area (TPSA) is 88.4 Å². The maximum Gasteiger partial charge on any atom is 0.254 e. The second-order valence-electron chi connectivity index (χ2n) is 10.2. The Kier molecular flexibility index (Phi) is 6.17. The fourth-order valence-corrected chi connectivity index (χ4v) is 6.08. The lowest BCUT2D eigenvalue weighted by molar-refractivity contribution is 0.0699. The summed E-state index contributed by atoms with van der Waals surface area (Å²) >= 11 is 0. The first-order valence-corrected chi connectivity index (χ1v) is 13.9. The number of hydrogen-bond acceptors (Lipinski definition) is 5. The van der Waals surface area contributed by atoms with Crippen molar-refractivity contribution in [2.75, 3.05) is 26.2 Å². The van der Waals surface area contributed by atoms with E-state index in [2.05, 4.69) is 32.8 Å². The number of aromatic nitrogens is 3. The van der Waals surface area contributed by atoms with Gasteiger partial charge in [0, 0.05) is 43.8 Å². The molecule has 186 valence electrons. The van der Waals surface area contributed by atoms with Crippen LogP contribution in [0.2, 0.25) is 0 Å². The van der Waals surface area contributed by atoms with Gasteiger partial charge in [-0.15, -0.1) is 0 Å². The number of carbonyl (C=O) groups excluding carboxylic acids is 1. The number of sulfonamides is 1. The van der Waals surface area contributed by atoms with Crippen LogP contribution in [0.4, 0.5) is 0 Å². The molecule has 0 N–H and O–H groups in total. The number of carbonyl (C=O) groups is 1. The summed E-state index contributed by atoms with van der Waals surface area (Å²) in [6.45, 7) is 9.51. The van der Waals surface area contributed by atoms with E-state index in [0.29, 0.717) is 35.4 Å². The predicted octanol–water partition coefficient (Wildman–Crippen LogP) is 4.16. The average Bonchev–Trinajstić information content (AvgIpc) is 3.61. The first-order valence-electron chi connectivity index (χ1n) is 12.4. The standard InChI is InChI=1S/C26H33N5O3S/c1-17(2)19-7-9-21(10-8-19)35(33,34)30-13-11-29(12-14-30)26(32)22-15-24(20-5-6-20)28-25-23(22)16-27-31(25)18(3)4/h7-10,15-18,20H,5-6,11-14H2,1-4H3. The van der Waals surface area contributed by atoms with Gasteiger partial charge >= 0.3 is 0 Å². The number of nitrogens with zero attached hydrogens (tertiary/aromatic N) is 5. The highest BCUT2D eigenvalue weighted by Gasteiger charge is 2.33. The molecule has 1 aliphatic carbocycles. The van der Waals surface area contributed by atoms with Crippen LogP contribution in [0.3, 0.4) is 0 Å². The largest absolute Gasteiger partial charge is 0.336 e. The van der Waals surface area contributed by atoms with Crippen molar-refractivity contribution in [3.05, 3.63) is 53.3 Å². The highest BCUT2D eigenvalue weighted by atomic mass is 32.2. The summed E-state index contributed by atoms with van der Waals surface area (Å²) in [7, 11) is -3.60. The number of pyridine rings is 1. The molecule has 3 heterocycles. The van der Waals surface area contributed by atoms with Crippen molar-refractivity contribution < 1.29 is 13.2 Å². The zero-order valence-corrected chi connectivity index (χ0v) is 21.6. The maximum absolute atomic E-state index is 13.6. The van der Waals surface area contributed by atoms with Crippen LogP contribution in [0.25, 0.3) is 11.0 Å². The lowest BCUT2D eigenvalue weighted by Crippen LogP contribution is -2.50. The Hall–Kier alpha value is -2.78. The number of hydrogen-bond donors (Lipinski definition) is 0. The van der Waals surface area contributed by atoms with Gasteiger partial charge < -0.3 is 4.90 Å². The van der Waals surface area contributed by atoms with E-state index in [1.54, 1.807) is 23.2 Å². The SMILES string of the molecule is CC(C)c1ccc(S(=O)(=O)N2CCN(C(=O)c3cc(C4CC4)nc4c3cnn4C(C)C)CC2)cc1. The summed E-state index contributed by atoms with van der Waals surface area (Å²) in [6.07, 6.45) is 3.92. The fraction of sp³-hybridized carbons (Fsp3) is 0.500. The van der Waals surface area contributed by atoms with Gasteiger partial charge in [0.05, 0.1) is 22.0 Å². The molecule has 0 spiro atoms. The van der Waals surface area contributed by atoms with Gasteiger partial charge in [0.15, 0.2) is 5.65 Å². The summed E-state index contributed by atoms with van der Waals surface area (Å²) in [5.74, 6) is 0.667. The summed E-state index contributed by atoms with van der Waals surface area (Å²) in [5, 5.41) is 5.25. The first kappa shape index (κ1) is 23.9.